The lowest BCUT2D eigenvalue weighted by Crippen LogP contribution is -2.39. The molecule has 0 saturated carbocycles. The first kappa shape index (κ1) is 24.4. The van der Waals surface area contributed by atoms with Gasteiger partial charge in [0.2, 0.25) is 11.9 Å². The maximum atomic E-state index is 12.9. The lowest BCUT2D eigenvalue weighted by atomic mass is 9.89. The predicted molar refractivity (Wildman–Crippen MR) is 133 cm³/mol. The Hall–Kier alpha value is -3.75. The number of hydrogen-bond acceptors (Lipinski definition) is 7. The highest BCUT2D eigenvalue weighted by atomic mass is 16.5. The normalized spacial score (nSPS) is 14.3. The lowest BCUT2D eigenvalue weighted by molar-refractivity contribution is -0.130. The molecule has 1 N–H and O–H groups in total. The van der Waals surface area contributed by atoms with Crippen molar-refractivity contribution >= 4 is 23.3 Å². The van der Waals surface area contributed by atoms with Crippen molar-refractivity contribution < 1.29 is 14.3 Å². The zero-order chi connectivity index (χ0) is 24.9. The molecule has 1 amide bonds. The molecule has 0 unspecified atom stereocenters. The van der Waals surface area contributed by atoms with Gasteiger partial charge in [0.25, 0.3) is 0 Å². The zero-order valence-electron chi connectivity index (χ0n) is 20.5. The Labute approximate surface area is 205 Å². The molecule has 3 heterocycles. The van der Waals surface area contributed by atoms with Crippen molar-refractivity contribution in [2.75, 3.05) is 25.5 Å². The number of fused-ring (bicyclic) bond motifs is 1. The number of nitrogens with one attached hydrogen (secondary N) is 1. The molecule has 4 rings (SSSR count). The number of ketones is 1. The van der Waals surface area contributed by atoms with E-state index in [0.717, 1.165) is 22.3 Å². The molecule has 0 bridgehead atoms. The van der Waals surface area contributed by atoms with E-state index in [9.17, 15) is 9.59 Å². The van der Waals surface area contributed by atoms with Gasteiger partial charge in [-0.3, -0.25) is 9.59 Å². The first-order chi connectivity index (χ1) is 16.9. The number of carbonyl (C=O) groups is 2. The molecular weight excluding hydrogens is 444 g/mol. The minimum atomic E-state index is -0.0646. The molecule has 9 nitrogen and oxygen atoms in total. The van der Waals surface area contributed by atoms with E-state index in [0.29, 0.717) is 44.8 Å². The Balaban J connectivity index is 1.41. The van der Waals surface area contributed by atoms with E-state index in [4.69, 9.17) is 4.74 Å². The third kappa shape index (κ3) is 5.50. The summed E-state index contributed by atoms with van der Waals surface area (Å²) in [6.07, 6.45) is 4.93. The van der Waals surface area contributed by atoms with E-state index in [2.05, 4.69) is 40.8 Å². The number of hydrogen-bond donors (Lipinski definition) is 1. The number of anilines is 1. The van der Waals surface area contributed by atoms with Gasteiger partial charge in [0.15, 0.2) is 5.65 Å². The number of likely N-dealkylation sites (tertiary alicyclic amines) is 1. The third-order valence-corrected chi connectivity index (χ3v) is 6.44. The van der Waals surface area contributed by atoms with Crippen LogP contribution in [0.1, 0.15) is 49.3 Å². The van der Waals surface area contributed by atoms with E-state index in [1.807, 2.05) is 30.5 Å². The number of amides is 1. The Kier molecular flexibility index (Phi) is 7.43. The number of rotatable bonds is 9. The van der Waals surface area contributed by atoms with Gasteiger partial charge in [0, 0.05) is 37.5 Å². The van der Waals surface area contributed by atoms with Crippen LogP contribution in [0.25, 0.3) is 5.65 Å². The average molecular weight is 477 g/mol. The molecular formula is C26H32N6O3. The Morgan fingerprint density at radius 3 is 2.66 bits per heavy atom. The summed E-state index contributed by atoms with van der Waals surface area (Å²) in [6.45, 7) is 9.44. The summed E-state index contributed by atoms with van der Waals surface area (Å²) in [4.78, 5) is 35.3. The van der Waals surface area contributed by atoms with Crippen molar-refractivity contribution in [3.8, 4) is 6.01 Å². The SMILES string of the molecule is C=CC(=O)N1CCC(C(=O)Cc2cccc(CNc3nc(OC)nc4c(C(C)C)cnn34)c2)CC1. The fourth-order valence-corrected chi connectivity index (χ4v) is 4.42. The first-order valence-corrected chi connectivity index (χ1v) is 11.9. The Bertz CT molecular complexity index is 1230. The summed E-state index contributed by atoms with van der Waals surface area (Å²) in [5.41, 5.74) is 3.75. The molecule has 1 aromatic carbocycles. The first-order valence-electron chi connectivity index (χ1n) is 11.9. The summed E-state index contributed by atoms with van der Waals surface area (Å²) < 4.78 is 6.99. The van der Waals surface area contributed by atoms with Crippen molar-refractivity contribution in [3.05, 3.63) is 59.8 Å². The fraction of sp³-hybridized carbons (Fsp3) is 0.423. The number of ether oxygens (including phenoxy) is 1. The van der Waals surface area contributed by atoms with Gasteiger partial charge in [-0.2, -0.15) is 19.6 Å². The van der Waals surface area contributed by atoms with Gasteiger partial charge in [-0.05, 0) is 36.0 Å². The average Bonchev–Trinajstić information content (AvgIpc) is 3.31. The minimum Gasteiger partial charge on any atom is -0.467 e. The second kappa shape index (κ2) is 10.7. The van der Waals surface area contributed by atoms with Gasteiger partial charge in [-0.15, -0.1) is 0 Å². The molecule has 1 saturated heterocycles. The molecule has 35 heavy (non-hydrogen) atoms. The van der Waals surface area contributed by atoms with Crippen molar-refractivity contribution in [2.45, 2.75) is 45.6 Å². The molecule has 0 atom stereocenters. The van der Waals surface area contributed by atoms with Crippen molar-refractivity contribution in [1.82, 2.24) is 24.5 Å². The molecule has 1 aliphatic heterocycles. The Morgan fingerprint density at radius 2 is 1.97 bits per heavy atom. The van der Waals surface area contributed by atoms with Crippen LogP contribution in [0.4, 0.5) is 5.95 Å². The number of nitrogens with zero attached hydrogens (tertiary/aromatic N) is 5. The van der Waals surface area contributed by atoms with Gasteiger partial charge in [0.05, 0.1) is 13.3 Å². The third-order valence-electron chi connectivity index (χ3n) is 6.44. The van der Waals surface area contributed by atoms with Gasteiger partial charge in [-0.25, -0.2) is 0 Å². The van der Waals surface area contributed by atoms with Crippen LogP contribution in [0.2, 0.25) is 0 Å². The van der Waals surface area contributed by atoms with Crippen LogP contribution in [-0.4, -0.2) is 56.4 Å². The summed E-state index contributed by atoms with van der Waals surface area (Å²) in [5, 5.41) is 7.79. The molecule has 0 spiro atoms. The van der Waals surface area contributed by atoms with Crippen molar-refractivity contribution in [2.24, 2.45) is 5.92 Å². The number of carbonyl (C=O) groups excluding carboxylic acids is 2. The van der Waals surface area contributed by atoms with E-state index >= 15 is 0 Å². The van der Waals surface area contributed by atoms with E-state index < -0.39 is 0 Å². The number of benzene rings is 1. The Morgan fingerprint density at radius 1 is 1.23 bits per heavy atom. The van der Waals surface area contributed by atoms with E-state index in [-0.39, 0.29) is 29.5 Å². The maximum Gasteiger partial charge on any atom is 0.321 e. The quantitative estimate of drug-likeness (QED) is 0.472. The van der Waals surface area contributed by atoms with E-state index in [1.54, 1.807) is 16.5 Å². The van der Waals surface area contributed by atoms with Crippen LogP contribution < -0.4 is 10.1 Å². The van der Waals surface area contributed by atoms with Crippen molar-refractivity contribution in [1.29, 1.82) is 0 Å². The topological polar surface area (TPSA) is 102 Å². The predicted octanol–water partition coefficient (Wildman–Crippen LogP) is 3.40. The molecule has 0 aliphatic carbocycles. The summed E-state index contributed by atoms with van der Waals surface area (Å²) in [7, 11) is 1.54. The van der Waals surface area contributed by atoms with Crippen LogP contribution in [0.5, 0.6) is 6.01 Å². The standard InChI is InChI=1S/C26H32N6O3/c1-5-23(34)31-11-9-20(10-12-31)22(33)14-18-7-6-8-19(13-18)15-27-25-30-26(35-4)29-24-21(17(2)3)16-28-32(24)25/h5-8,13,16-17,20H,1,9-12,14-15H2,2-4H3,(H,27,29,30). The van der Waals surface area contributed by atoms with E-state index in [1.165, 1.54) is 6.08 Å². The number of methoxy groups -OCH3 is 1. The molecule has 3 aromatic rings. The van der Waals surface area contributed by atoms with Crippen LogP contribution in [0.3, 0.4) is 0 Å². The number of piperidine rings is 1. The largest absolute Gasteiger partial charge is 0.467 e. The second-order valence-corrected chi connectivity index (χ2v) is 9.14. The molecule has 0 radical (unpaired) electrons. The van der Waals surface area contributed by atoms with Crippen LogP contribution >= 0.6 is 0 Å². The van der Waals surface area contributed by atoms with Gasteiger partial charge >= 0.3 is 6.01 Å². The van der Waals surface area contributed by atoms with Gasteiger partial charge in [0.1, 0.15) is 5.78 Å². The van der Waals surface area contributed by atoms with Crippen LogP contribution in [-0.2, 0) is 22.6 Å². The summed E-state index contributed by atoms with van der Waals surface area (Å²) in [5.74, 6) is 0.957. The number of aromatic nitrogens is 4. The van der Waals surface area contributed by atoms with Crippen molar-refractivity contribution in [3.63, 3.8) is 0 Å². The molecule has 2 aromatic heterocycles. The monoisotopic (exact) mass is 476 g/mol. The highest BCUT2D eigenvalue weighted by Crippen LogP contribution is 2.23. The van der Waals surface area contributed by atoms with Crippen LogP contribution in [0, 0.1) is 5.92 Å². The maximum absolute atomic E-state index is 12.9. The minimum absolute atomic E-state index is 0.0117. The molecule has 184 valence electrons. The fourth-order valence-electron chi connectivity index (χ4n) is 4.42. The van der Waals surface area contributed by atoms with Gasteiger partial charge < -0.3 is 15.0 Å². The highest BCUT2D eigenvalue weighted by Gasteiger charge is 2.26. The molecule has 1 aliphatic rings. The number of Topliss-reactive ketones (excluding diaryl/α,β-unsaturated/α-hetero) is 1. The summed E-state index contributed by atoms with van der Waals surface area (Å²) in [6, 6.07) is 8.28. The van der Waals surface area contributed by atoms with Crippen LogP contribution in [0.15, 0.2) is 43.1 Å². The zero-order valence-corrected chi connectivity index (χ0v) is 20.5. The highest BCUT2D eigenvalue weighted by molar-refractivity contribution is 5.87. The second-order valence-electron chi connectivity index (χ2n) is 9.14. The molecule has 1 fully saturated rings. The lowest BCUT2D eigenvalue weighted by Gasteiger charge is -2.30. The molecule has 9 heteroatoms. The summed E-state index contributed by atoms with van der Waals surface area (Å²) >= 11 is 0. The van der Waals surface area contributed by atoms with Gasteiger partial charge in [-0.1, -0.05) is 44.7 Å². The smallest absolute Gasteiger partial charge is 0.321 e.